The van der Waals surface area contributed by atoms with Crippen molar-refractivity contribution >= 4 is 27.9 Å². The van der Waals surface area contributed by atoms with Gasteiger partial charge in [0.25, 0.3) is 0 Å². The van der Waals surface area contributed by atoms with Gasteiger partial charge >= 0.3 is 0 Å². The summed E-state index contributed by atoms with van der Waals surface area (Å²) in [5.74, 6) is 0. The first kappa shape index (κ1) is 11.1. The summed E-state index contributed by atoms with van der Waals surface area (Å²) >= 11 is 3.11. The lowest BCUT2D eigenvalue weighted by Crippen LogP contribution is -2.03. The van der Waals surface area contributed by atoms with Crippen LogP contribution in [0.1, 0.15) is 16.1 Å². The zero-order valence-corrected chi connectivity index (χ0v) is 10.5. The van der Waals surface area contributed by atoms with Gasteiger partial charge in [-0.25, -0.2) is 0 Å². The van der Waals surface area contributed by atoms with Gasteiger partial charge in [-0.2, -0.15) is 9.64 Å². The molecule has 3 nitrogen and oxygen atoms in total. The predicted octanol–water partition coefficient (Wildman–Crippen LogP) is 3.04. The van der Waals surface area contributed by atoms with Crippen LogP contribution in [0.5, 0.6) is 0 Å². The molecule has 0 fully saturated rings. The molecule has 0 radical (unpaired) electrons. The smallest absolute Gasteiger partial charge is 0.127 e. The molecule has 0 saturated carbocycles. The Morgan fingerprint density at radius 3 is 3.12 bits per heavy atom. The van der Waals surface area contributed by atoms with Gasteiger partial charge in [0.1, 0.15) is 16.6 Å². The van der Waals surface area contributed by atoms with Gasteiger partial charge in [-0.3, -0.25) is 0 Å². The number of nitrogens with zero attached hydrogens (tertiary/aromatic N) is 2. The molecule has 16 heavy (non-hydrogen) atoms. The van der Waals surface area contributed by atoms with E-state index in [4.69, 9.17) is 5.26 Å². The van der Waals surface area contributed by atoms with Gasteiger partial charge < -0.3 is 5.32 Å². The number of anilines is 1. The van der Waals surface area contributed by atoms with E-state index in [1.54, 1.807) is 11.3 Å². The highest BCUT2D eigenvalue weighted by molar-refractivity contribution is 7.10. The monoisotopic (exact) mass is 249 g/mol. The Morgan fingerprint density at radius 2 is 2.44 bits per heavy atom. The van der Waals surface area contributed by atoms with E-state index in [-0.39, 0.29) is 0 Å². The number of thiophene rings is 1. The molecule has 0 aliphatic carbocycles. The van der Waals surface area contributed by atoms with Gasteiger partial charge in [-0.05, 0) is 36.3 Å². The second kappa shape index (κ2) is 5.10. The number of hydrogen-bond acceptors (Lipinski definition) is 5. The Hall–Kier alpha value is -1.38. The third kappa shape index (κ3) is 2.40. The lowest BCUT2D eigenvalue weighted by atomic mass is 10.3. The first-order valence-electron chi connectivity index (χ1n) is 4.94. The quantitative estimate of drug-likeness (QED) is 0.906. The fourth-order valence-corrected chi connectivity index (χ4v) is 2.86. The summed E-state index contributed by atoms with van der Waals surface area (Å²) in [6.45, 7) is 2.70. The fourth-order valence-electron chi connectivity index (χ4n) is 1.38. The summed E-state index contributed by atoms with van der Waals surface area (Å²) in [5.41, 5.74) is 1.49. The van der Waals surface area contributed by atoms with Crippen LogP contribution in [0.25, 0.3) is 0 Å². The van der Waals surface area contributed by atoms with Gasteiger partial charge in [0.2, 0.25) is 0 Å². The van der Waals surface area contributed by atoms with Crippen LogP contribution in [0.15, 0.2) is 17.5 Å². The van der Waals surface area contributed by atoms with Gasteiger partial charge in [-0.1, -0.05) is 6.07 Å². The third-order valence-electron chi connectivity index (χ3n) is 2.21. The molecule has 1 N–H and O–H groups in total. The molecule has 0 aromatic carbocycles. The second-order valence-electron chi connectivity index (χ2n) is 3.34. The van der Waals surface area contributed by atoms with Crippen molar-refractivity contribution in [3.05, 3.63) is 33.6 Å². The van der Waals surface area contributed by atoms with Gasteiger partial charge in [0.15, 0.2) is 0 Å². The van der Waals surface area contributed by atoms with Gasteiger partial charge in [-0.15, -0.1) is 11.3 Å². The molecule has 0 spiro atoms. The van der Waals surface area contributed by atoms with Crippen LogP contribution in [0.3, 0.4) is 0 Å². The van der Waals surface area contributed by atoms with E-state index < -0.39 is 0 Å². The van der Waals surface area contributed by atoms with Crippen LogP contribution in [-0.4, -0.2) is 10.9 Å². The topological polar surface area (TPSA) is 48.7 Å². The van der Waals surface area contributed by atoms with Crippen molar-refractivity contribution in [1.82, 2.24) is 4.37 Å². The maximum Gasteiger partial charge on any atom is 0.127 e. The van der Waals surface area contributed by atoms with E-state index in [1.807, 2.05) is 6.92 Å². The standard InChI is InChI=1S/C11H11N3S2/c1-8-10(7-12)11(16-14-8)13-5-4-9-3-2-6-15-9/h2-3,6,13H,4-5H2,1H3. The van der Waals surface area contributed by atoms with Crippen molar-refractivity contribution in [1.29, 1.82) is 5.26 Å². The average molecular weight is 249 g/mol. The van der Waals surface area contributed by atoms with Crippen LogP contribution in [0.4, 0.5) is 5.00 Å². The Labute approximate surface area is 103 Å². The number of hydrogen-bond donors (Lipinski definition) is 1. The Morgan fingerprint density at radius 1 is 1.56 bits per heavy atom. The Bertz CT molecular complexity index is 494. The van der Waals surface area contributed by atoms with Gasteiger partial charge in [0.05, 0.1) is 5.69 Å². The van der Waals surface area contributed by atoms with E-state index >= 15 is 0 Å². The molecule has 0 aliphatic heterocycles. The van der Waals surface area contributed by atoms with Crippen molar-refractivity contribution in [2.45, 2.75) is 13.3 Å². The minimum absolute atomic E-state index is 0.677. The van der Waals surface area contributed by atoms with Crippen molar-refractivity contribution < 1.29 is 0 Å². The van der Waals surface area contributed by atoms with Crippen molar-refractivity contribution in [2.24, 2.45) is 0 Å². The largest absolute Gasteiger partial charge is 0.374 e. The fraction of sp³-hybridized carbons (Fsp3) is 0.273. The summed E-state index contributed by atoms with van der Waals surface area (Å²) < 4.78 is 4.16. The molecule has 0 unspecified atom stereocenters. The highest BCUT2D eigenvalue weighted by Gasteiger charge is 2.08. The van der Waals surface area contributed by atoms with Crippen molar-refractivity contribution in [2.75, 3.05) is 11.9 Å². The number of nitrogens with one attached hydrogen (secondary N) is 1. The average Bonchev–Trinajstić information content (AvgIpc) is 2.89. The van der Waals surface area contributed by atoms with Crippen LogP contribution in [0.2, 0.25) is 0 Å². The molecule has 2 rings (SSSR count). The first-order chi connectivity index (χ1) is 7.81. The van der Waals surface area contributed by atoms with Crippen LogP contribution >= 0.6 is 22.9 Å². The lowest BCUT2D eigenvalue weighted by molar-refractivity contribution is 1.05. The molecular weight excluding hydrogens is 238 g/mol. The summed E-state index contributed by atoms with van der Waals surface area (Å²) in [6.07, 6.45) is 0.986. The second-order valence-corrected chi connectivity index (χ2v) is 5.15. The van der Waals surface area contributed by atoms with E-state index in [2.05, 4.69) is 33.3 Å². The van der Waals surface area contributed by atoms with Gasteiger partial charge in [0, 0.05) is 11.4 Å². The molecule has 2 aromatic heterocycles. The number of aryl methyl sites for hydroxylation is 1. The zero-order valence-electron chi connectivity index (χ0n) is 8.86. The summed E-state index contributed by atoms with van der Waals surface area (Å²) in [5, 5.41) is 15.2. The first-order valence-corrected chi connectivity index (χ1v) is 6.59. The minimum Gasteiger partial charge on any atom is -0.374 e. The summed E-state index contributed by atoms with van der Waals surface area (Å²) in [4.78, 5) is 1.35. The van der Waals surface area contributed by atoms with E-state index in [1.165, 1.54) is 16.4 Å². The maximum absolute atomic E-state index is 8.95. The minimum atomic E-state index is 0.677. The number of aromatic nitrogens is 1. The predicted molar refractivity (Wildman–Crippen MR) is 68.1 cm³/mol. The lowest BCUT2D eigenvalue weighted by Gasteiger charge is -2.01. The molecule has 0 bridgehead atoms. The normalized spacial score (nSPS) is 10.0. The van der Waals surface area contributed by atoms with E-state index in [0.29, 0.717) is 5.56 Å². The van der Waals surface area contributed by atoms with Crippen LogP contribution in [-0.2, 0) is 6.42 Å². The molecule has 0 atom stereocenters. The molecule has 0 saturated heterocycles. The molecule has 5 heteroatoms. The van der Waals surface area contributed by atoms with E-state index in [9.17, 15) is 0 Å². The van der Waals surface area contributed by atoms with Crippen molar-refractivity contribution in [3.8, 4) is 6.07 Å². The third-order valence-corrected chi connectivity index (χ3v) is 4.04. The summed E-state index contributed by atoms with van der Waals surface area (Å²) in [7, 11) is 0. The molecule has 82 valence electrons. The molecule has 0 aliphatic rings. The molecule has 0 amide bonds. The molecule has 2 aromatic rings. The molecule has 2 heterocycles. The zero-order chi connectivity index (χ0) is 11.4. The van der Waals surface area contributed by atoms with Crippen molar-refractivity contribution in [3.63, 3.8) is 0 Å². The molecular formula is C11H11N3S2. The number of nitriles is 1. The van der Waals surface area contributed by atoms with Crippen LogP contribution < -0.4 is 5.32 Å². The Balaban J connectivity index is 1.93. The maximum atomic E-state index is 8.95. The van der Waals surface area contributed by atoms with E-state index in [0.717, 1.165) is 23.7 Å². The Kier molecular flexibility index (Phi) is 3.54. The highest BCUT2D eigenvalue weighted by Crippen LogP contribution is 2.23. The SMILES string of the molecule is Cc1nsc(NCCc2cccs2)c1C#N. The highest BCUT2D eigenvalue weighted by atomic mass is 32.1. The van der Waals surface area contributed by atoms with Crippen LogP contribution in [0, 0.1) is 18.3 Å². The summed E-state index contributed by atoms with van der Waals surface area (Å²) in [6, 6.07) is 6.35. The number of rotatable bonds is 4.